The zero-order chi connectivity index (χ0) is 12.0. The van der Waals surface area contributed by atoms with Gasteiger partial charge in [0.25, 0.3) is 0 Å². The van der Waals surface area contributed by atoms with Crippen LogP contribution in [0.5, 0.6) is 0 Å². The molecule has 1 aromatic heterocycles. The third kappa shape index (κ3) is 3.84. The number of hydrogen-bond acceptors (Lipinski definition) is 3. The van der Waals surface area contributed by atoms with Gasteiger partial charge in [0.2, 0.25) is 0 Å². The highest BCUT2D eigenvalue weighted by Gasteiger charge is 2.16. The molecule has 1 N–H and O–H groups in total. The second kappa shape index (κ2) is 7.43. The second-order valence-electron chi connectivity index (χ2n) is 3.86. The molecule has 92 valence electrons. The number of halogens is 1. The Morgan fingerprint density at radius 2 is 2.12 bits per heavy atom. The average Bonchev–Trinajstić information content (AvgIpc) is 2.66. The highest BCUT2D eigenvalue weighted by molar-refractivity contribution is 9.10. The minimum absolute atomic E-state index is 0.236. The van der Waals surface area contributed by atoms with E-state index >= 15 is 0 Å². The Hall–Kier alpha value is 0.100. The summed E-state index contributed by atoms with van der Waals surface area (Å²) in [6, 6.07) is 2.66. The summed E-state index contributed by atoms with van der Waals surface area (Å²) >= 11 is 5.33. The first-order chi connectivity index (χ1) is 7.72. The summed E-state index contributed by atoms with van der Waals surface area (Å²) in [4.78, 5) is 3.72. The number of thiophene rings is 1. The van der Waals surface area contributed by atoms with Gasteiger partial charge < -0.3 is 5.11 Å². The van der Waals surface area contributed by atoms with Crippen molar-refractivity contribution in [3.8, 4) is 0 Å². The standard InChI is InChI=1S/C12H20BrNOS/c1-3-10(4-2)14(6-7-15)9-12-11(13)5-8-16-12/h5,8,10,15H,3-4,6-7,9H2,1-2H3. The van der Waals surface area contributed by atoms with E-state index in [1.54, 1.807) is 11.3 Å². The van der Waals surface area contributed by atoms with Gasteiger partial charge in [-0.25, -0.2) is 0 Å². The first kappa shape index (κ1) is 14.2. The van der Waals surface area contributed by atoms with Crippen molar-refractivity contribution in [1.29, 1.82) is 0 Å². The molecular weight excluding hydrogens is 286 g/mol. The minimum atomic E-state index is 0.236. The Morgan fingerprint density at radius 3 is 2.56 bits per heavy atom. The predicted octanol–water partition coefficient (Wildman–Crippen LogP) is 3.49. The van der Waals surface area contributed by atoms with E-state index in [9.17, 15) is 0 Å². The van der Waals surface area contributed by atoms with Crippen LogP contribution >= 0.6 is 27.3 Å². The first-order valence-electron chi connectivity index (χ1n) is 5.79. The molecule has 0 saturated heterocycles. The molecule has 1 aromatic rings. The number of aliphatic hydroxyl groups is 1. The summed E-state index contributed by atoms with van der Waals surface area (Å²) in [5, 5.41) is 11.2. The number of hydrogen-bond donors (Lipinski definition) is 1. The second-order valence-corrected chi connectivity index (χ2v) is 5.71. The van der Waals surface area contributed by atoms with E-state index in [4.69, 9.17) is 5.11 Å². The lowest BCUT2D eigenvalue weighted by atomic mass is 10.1. The van der Waals surface area contributed by atoms with Gasteiger partial charge in [-0.05, 0) is 40.2 Å². The van der Waals surface area contributed by atoms with E-state index < -0.39 is 0 Å². The van der Waals surface area contributed by atoms with Crippen LogP contribution in [0.1, 0.15) is 31.6 Å². The van der Waals surface area contributed by atoms with Crippen molar-refractivity contribution < 1.29 is 5.11 Å². The molecule has 0 fully saturated rings. The summed E-state index contributed by atoms with van der Waals surface area (Å²) in [6.07, 6.45) is 2.28. The Labute approximate surface area is 110 Å². The van der Waals surface area contributed by atoms with Crippen LogP contribution in [-0.4, -0.2) is 29.2 Å². The van der Waals surface area contributed by atoms with Crippen LogP contribution < -0.4 is 0 Å². The lowest BCUT2D eigenvalue weighted by molar-refractivity contribution is 0.137. The largest absolute Gasteiger partial charge is 0.395 e. The molecule has 0 aliphatic heterocycles. The van der Waals surface area contributed by atoms with Gasteiger partial charge in [0.05, 0.1) is 6.61 Å². The maximum atomic E-state index is 9.12. The van der Waals surface area contributed by atoms with Crippen molar-refractivity contribution in [1.82, 2.24) is 4.90 Å². The SMILES string of the molecule is CCC(CC)N(CCO)Cc1sccc1Br. The maximum absolute atomic E-state index is 9.12. The monoisotopic (exact) mass is 305 g/mol. The molecular formula is C12H20BrNOS. The summed E-state index contributed by atoms with van der Waals surface area (Å²) in [6.45, 7) is 6.35. The minimum Gasteiger partial charge on any atom is -0.395 e. The number of rotatable bonds is 7. The molecule has 0 aliphatic carbocycles. The Bertz CT molecular complexity index is 299. The molecule has 16 heavy (non-hydrogen) atoms. The van der Waals surface area contributed by atoms with Gasteiger partial charge in [0.15, 0.2) is 0 Å². The molecule has 0 aromatic carbocycles. The normalized spacial score (nSPS) is 11.6. The van der Waals surface area contributed by atoms with Crippen molar-refractivity contribution in [2.24, 2.45) is 0 Å². The van der Waals surface area contributed by atoms with E-state index in [0.29, 0.717) is 6.04 Å². The van der Waals surface area contributed by atoms with Crippen LogP contribution in [0.4, 0.5) is 0 Å². The van der Waals surface area contributed by atoms with E-state index in [1.165, 1.54) is 9.35 Å². The van der Waals surface area contributed by atoms with Gasteiger partial charge in [0, 0.05) is 28.5 Å². The molecule has 1 rings (SSSR count). The molecule has 2 nitrogen and oxygen atoms in total. The molecule has 0 aliphatic rings. The quantitative estimate of drug-likeness (QED) is 0.833. The third-order valence-electron chi connectivity index (χ3n) is 2.88. The van der Waals surface area contributed by atoms with Gasteiger partial charge in [-0.15, -0.1) is 11.3 Å². The summed E-state index contributed by atoms with van der Waals surface area (Å²) in [7, 11) is 0. The Balaban J connectivity index is 2.67. The fourth-order valence-electron chi connectivity index (χ4n) is 1.95. The molecule has 0 radical (unpaired) electrons. The summed E-state index contributed by atoms with van der Waals surface area (Å²) in [5.41, 5.74) is 0. The number of aliphatic hydroxyl groups excluding tert-OH is 1. The van der Waals surface area contributed by atoms with E-state index in [1.807, 2.05) is 0 Å². The fraction of sp³-hybridized carbons (Fsp3) is 0.667. The molecule has 0 unspecified atom stereocenters. The van der Waals surface area contributed by atoms with Crippen LogP contribution in [-0.2, 0) is 6.54 Å². The zero-order valence-corrected chi connectivity index (χ0v) is 12.4. The molecule has 0 atom stereocenters. The van der Waals surface area contributed by atoms with Gasteiger partial charge >= 0.3 is 0 Å². The summed E-state index contributed by atoms with van der Waals surface area (Å²) in [5.74, 6) is 0. The Kier molecular flexibility index (Phi) is 6.58. The first-order valence-corrected chi connectivity index (χ1v) is 7.46. The van der Waals surface area contributed by atoms with Crippen LogP contribution in [0.3, 0.4) is 0 Å². The zero-order valence-electron chi connectivity index (χ0n) is 9.95. The van der Waals surface area contributed by atoms with Crippen LogP contribution in [0.2, 0.25) is 0 Å². The van der Waals surface area contributed by atoms with Gasteiger partial charge in [0.1, 0.15) is 0 Å². The van der Waals surface area contributed by atoms with Gasteiger partial charge in [-0.1, -0.05) is 13.8 Å². The van der Waals surface area contributed by atoms with Crippen molar-refractivity contribution in [3.63, 3.8) is 0 Å². The Morgan fingerprint density at radius 1 is 1.44 bits per heavy atom. The smallest absolute Gasteiger partial charge is 0.0558 e. The maximum Gasteiger partial charge on any atom is 0.0558 e. The van der Waals surface area contributed by atoms with Crippen molar-refractivity contribution in [2.75, 3.05) is 13.2 Å². The van der Waals surface area contributed by atoms with Crippen molar-refractivity contribution >= 4 is 27.3 Å². The molecule has 0 bridgehead atoms. The third-order valence-corrected chi connectivity index (χ3v) is 4.79. The van der Waals surface area contributed by atoms with Gasteiger partial charge in [-0.3, -0.25) is 4.90 Å². The van der Waals surface area contributed by atoms with E-state index in [-0.39, 0.29) is 6.61 Å². The van der Waals surface area contributed by atoms with Crippen LogP contribution in [0.15, 0.2) is 15.9 Å². The highest BCUT2D eigenvalue weighted by Crippen LogP contribution is 2.25. The molecule has 0 amide bonds. The van der Waals surface area contributed by atoms with Gasteiger partial charge in [-0.2, -0.15) is 0 Å². The predicted molar refractivity (Wildman–Crippen MR) is 73.9 cm³/mol. The lowest BCUT2D eigenvalue weighted by Crippen LogP contribution is -2.36. The van der Waals surface area contributed by atoms with Crippen molar-refractivity contribution in [3.05, 3.63) is 20.8 Å². The molecule has 4 heteroatoms. The van der Waals surface area contributed by atoms with E-state index in [2.05, 4.69) is 46.1 Å². The highest BCUT2D eigenvalue weighted by atomic mass is 79.9. The van der Waals surface area contributed by atoms with Crippen molar-refractivity contribution in [2.45, 2.75) is 39.3 Å². The van der Waals surface area contributed by atoms with Crippen LogP contribution in [0.25, 0.3) is 0 Å². The topological polar surface area (TPSA) is 23.5 Å². The van der Waals surface area contributed by atoms with Crippen LogP contribution in [0, 0.1) is 0 Å². The number of nitrogens with zero attached hydrogens (tertiary/aromatic N) is 1. The van der Waals surface area contributed by atoms with E-state index in [0.717, 1.165) is 25.9 Å². The molecule has 1 heterocycles. The molecule has 0 spiro atoms. The fourth-order valence-corrected chi connectivity index (χ4v) is 3.45. The average molecular weight is 306 g/mol. The lowest BCUT2D eigenvalue weighted by Gasteiger charge is -2.29. The molecule has 0 saturated carbocycles. The summed E-state index contributed by atoms with van der Waals surface area (Å²) < 4.78 is 1.19.